The fraction of sp³-hybridized carbons (Fsp3) is 0. The van der Waals surface area contributed by atoms with Gasteiger partial charge in [-0.05, 0) is 42.0 Å². The molecule has 2 nitrogen and oxygen atoms in total. The average molecular weight is 289 g/mol. The van der Waals surface area contributed by atoms with E-state index in [-0.39, 0.29) is 0 Å². The van der Waals surface area contributed by atoms with E-state index >= 15 is 0 Å². The highest BCUT2D eigenvalue weighted by Crippen LogP contribution is 2.18. The number of nitriles is 1. The maximum atomic E-state index is 9.16. The normalized spacial score (nSPS) is 10.9. The monoisotopic (exact) mass is 288 g/mol. The van der Waals surface area contributed by atoms with Crippen LogP contribution in [0.4, 0.5) is 5.69 Å². The van der Waals surface area contributed by atoms with Gasteiger partial charge in [0.25, 0.3) is 0 Å². The van der Waals surface area contributed by atoms with Crippen molar-refractivity contribution < 1.29 is 0 Å². The lowest BCUT2D eigenvalue weighted by Gasteiger charge is -2.03. The van der Waals surface area contributed by atoms with Gasteiger partial charge in [-0.3, -0.25) is 0 Å². The second-order valence-electron chi connectivity index (χ2n) is 3.83. The fourth-order valence-corrected chi connectivity index (χ4v) is 1.76. The van der Waals surface area contributed by atoms with Gasteiger partial charge in [0.15, 0.2) is 0 Å². The van der Waals surface area contributed by atoms with Crippen molar-refractivity contribution in [1.82, 2.24) is 0 Å². The zero-order chi connectivity index (χ0) is 13.7. The topological polar surface area (TPSA) is 35.8 Å². The molecule has 0 aliphatic carbocycles. The Morgan fingerprint density at radius 2 is 1.47 bits per heavy atom. The minimum Gasteiger partial charge on any atom is -0.360 e. The van der Waals surface area contributed by atoms with Gasteiger partial charge >= 0.3 is 0 Å². The second-order valence-corrected chi connectivity index (χ2v) is 4.70. The first kappa shape index (κ1) is 13.5. The van der Waals surface area contributed by atoms with Crippen molar-refractivity contribution in [3.63, 3.8) is 0 Å². The molecule has 2 rings (SSSR count). The molecule has 2 aromatic rings. The summed E-state index contributed by atoms with van der Waals surface area (Å²) in [4.78, 5) is 0. The van der Waals surface area contributed by atoms with E-state index in [1.165, 1.54) is 0 Å². The van der Waals surface area contributed by atoms with Gasteiger partial charge in [0.1, 0.15) is 6.07 Å². The van der Waals surface area contributed by atoms with Crippen LogP contribution in [0.15, 0.2) is 54.7 Å². The van der Waals surface area contributed by atoms with Crippen LogP contribution in [0.5, 0.6) is 0 Å². The third-order valence-electron chi connectivity index (χ3n) is 2.50. The number of benzene rings is 2. The number of halogens is 2. The molecule has 0 unspecified atom stereocenters. The van der Waals surface area contributed by atoms with Gasteiger partial charge in [0.05, 0.1) is 5.57 Å². The lowest BCUT2D eigenvalue weighted by molar-refractivity contribution is 1.50. The molecular formula is C15H10Cl2N2. The number of nitrogens with one attached hydrogen (secondary N) is 1. The molecule has 0 fully saturated rings. The quantitative estimate of drug-likeness (QED) is 0.810. The lowest BCUT2D eigenvalue weighted by Crippen LogP contribution is -1.90. The summed E-state index contributed by atoms with van der Waals surface area (Å²) in [5, 5.41) is 13.5. The summed E-state index contributed by atoms with van der Waals surface area (Å²) < 4.78 is 0. The lowest BCUT2D eigenvalue weighted by atomic mass is 10.1. The SMILES string of the molecule is N#CC(=CNc1ccc(Cl)cc1)c1ccc(Cl)cc1. The Morgan fingerprint density at radius 1 is 0.947 bits per heavy atom. The van der Waals surface area contributed by atoms with Crippen LogP contribution >= 0.6 is 23.2 Å². The van der Waals surface area contributed by atoms with E-state index in [2.05, 4.69) is 11.4 Å². The third kappa shape index (κ3) is 3.75. The van der Waals surface area contributed by atoms with Crippen LogP contribution in [0, 0.1) is 11.3 Å². The summed E-state index contributed by atoms with van der Waals surface area (Å²) in [5.41, 5.74) is 2.21. The maximum Gasteiger partial charge on any atom is 0.101 e. The predicted molar refractivity (Wildman–Crippen MR) is 80.1 cm³/mol. The van der Waals surface area contributed by atoms with Crippen LogP contribution in [0.25, 0.3) is 5.57 Å². The average Bonchev–Trinajstić information content (AvgIpc) is 2.43. The number of hydrogen-bond acceptors (Lipinski definition) is 2. The van der Waals surface area contributed by atoms with Gasteiger partial charge in [0.2, 0.25) is 0 Å². The van der Waals surface area contributed by atoms with Crippen LogP contribution < -0.4 is 5.32 Å². The molecule has 0 heterocycles. The largest absolute Gasteiger partial charge is 0.360 e. The van der Waals surface area contributed by atoms with E-state index in [1.807, 2.05) is 12.1 Å². The van der Waals surface area contributed by atoms with Crippen LogP contribution in [-0.4, -0.2) is 0 Å². The number of hydrogen-bond donors (Lipinski definition) is 1. The first-order chi connectivity index (χ1) is 9.19. The summed E-state index contributed by atoms with van der Waals surface area (Å²) in [6, 6.07) is 16.5. The van der Waals surface area contributed by atoms with E-state index in [1.54, 1.807) is 42.6 Å². The van der Waals surface area contributed by atoms with Crippen molar-refractivity contribution in [2.45, 2.75) is 0 Å². The Labute approximate surface area is 121 Å². The van der Waals surface area contributed by atoms with Gasteiger partial charge in [-0.25, -0.2) is 0 Å². The highest BCUT2D eigenvalue weighted by Gasteiger charge is 2.00. The molecule has 0 radical (unpaired) electrons. The minimum absolute atomic E-state index is 0.534. The summed E-state index contributed by atoms with van der Waals surface area (Å²) in [6.45, 7) is 0. The molecular weight excluding hydrogens is 279 g/mol. The molecule has 1 N–H and O–H groups in total. The number of anilines is 1. The van der Waals surface area contributed by atoms with Gasteiger partial charge in [-0.15, -0.1) is 0 Å². The number of allylic oxidation sites excluding steroid dienone is 1. The van der Waals surface area contributed by atoms with Gasteiger partial charge in [-0.2, -0.15) is 5.26 Å². The zero-order valence-corrected chi connectivity index (χ0v) is 11.4. The van der Waals surface area contributed by atoms with Crippen molar-refractivity contribution in [2.75, 3.05) is 5.32 Å². The van der Waals surface area contributed by atoms with Crippen molar-refractivity contribution >= 4 is 34.5 Å². The van der Waals surface area contributed by atoms with Crippen LogP contribution in [-0.2, 0) is 0 Å². The Balaban J connectivity index is 2.18. The van der Waals surface area contributed by atoms with Gasteiger partial charge < -0.3 is 5.32 Å². The fourth-order valence-electron chi connectivity index (χ4n) is 1.51. The summed E-state index contributed by atoms with van der Waals surface area (Å²) >= 11 is 11.6. The smallest absolute Gasteiger partial charge is 0.101 e. The van der Waals surface area contributed by atoms with Crippen molar-refractivity contribution in [1.29, 1.82) is 5.26 Å². The molecule has 0 aromatic heterocycles. The van der Waals surface area contributed by atoms with Crippen molar-refractivity contribution in [3.05, 3.63) is 70.3 Å². The highest BCUT2D eigenvalue weighted by atomic mass is 35.5. The Kier molecular flexibility index (Phi) is 4.46. The van der Waals surface area contributed by atoms with E-state index in [9.17, 15) is 0 Å². The molecule has 0 atom stereocenters. The summed E-state index contributed by atoms with van der Waals surface area (Å²) in [5.74, 6) is 0. The first-order valence-corrected chi connectivity index (χ1v) is 6.33. The summed E-state index contributed by atoms with van der Waals surface area (Å²) in [6.07, 6.45) is 1.66. The van der Waals surface area contributed by atoms with Crippen LogP contribution in [0.1, 0.15) is 5.56 Å². The summed E-state index contributed by atoms with van der Waals surface area (Å²) in [7, 11) is 0. The molecule has 94 valence electrons. The first-order valence-electron chi connectivity index (χ1n) is 5.57. The molecule has 0 saturated carbocycles. The molecule has 0 amide bonds. The van der Waals surface area contributed by atoms with Gasteiger partial charge in [-0.1, -0.05) is 35.3 Å². The van der Waals surface area contributed by atoms with E-state index in [4.69, 9.17) is 28.5 Å². The number of rotatable bonds is 3. The van der Waals surface area contributed by atoms with Crippen molar-refractivity contribution in [3.8, 4) is 6.07 Å². The molecule has 0 aliphatic heterocycles. The molecule has 0 aliphatic rings. The Bertz CT molecular complexity index is 623. The van der Waals surface area contributed by atoms with E-state index in [0.29, 0.717) is 15.6 Å². The minimum atomic E-state index is 0.534. The third-order valence-corrected chi connectivity index (χ3v) is 3.01. The molecule has 0 spiro atoms. The number of nitrogens with zero attached hydrogens (tertiary/aromatic N) is 1. The standard InChI is InChI=1S/C15H10Cl2N2/c16-13-3-1-11(2-4-13)12(9-18)10-19-15-7-5-14(17)6-8-15/h1-8,10,19H. The van der Waals surface area contributed by atoms with E-state index < -0.39 is 0 Å². The Hall–Kier alpha value is -1.95. The predicted octanol–water partition coefficient (Wildman–Crippen LogP) is 4.97. The van der Waals surface area contributed by atoms with E-state index in [0.717, 1.165) is 11.3 Å². The Morgan fingerprint density at radius 3 is 2.00 bits per heavy atom. The van der Waals surface area contributed by atoms with Crippen molar-refractivity contribution in [2.24, 2.45) is 0 Å². The molecule has 2 aromatic carbocycles. The van der Waals surface area contributed by atoms with Crippen LogP contribution in [0.2, 0.25) is 10.0 Å². The zero-order valence-electron chi connectivity index (χ0n) is 9.90. The second kappa shape index (κ2) is 6.29. The highest BCUT2D eigenvalue weighted by molar-refractivity contribution is 6.30. The molecule has 19 heavy (non-hydrogen) atoms. The van der Waals surface area contributed by atoms with Crippen LogP contribution in [0.3, 0.4) is 0 Å². The van der Waals surface area contributed by atoms with Gasteiger partial charge in [0, 0.05) is 21.9 Å². The molecule has 4 heteroatoms. The maximum absolute atomic E-state index is 9.16. The molecule has 0 bridgehead atoms. The molecule has 0 saturated heterocycles.